The molecule has 36 heteroatoms. The summed E-state index contributed by atoms with van der Waals surface area (Å²) >= 11 is 0. The number of primary amides is 1. The maximum Gasteiger partial charge on any atom is 0.342 e. The number of aromatic hydroxyl groups is 3. The molecule has 80 heavy (non-hydrogen) atoms. The van der Waals surface area contributed by atoms with Crippen LogP contribution in [0.1, 0.15) is 38.8 Å². The average molecular weight is 1170 g/mol. The zero-order valence-corrected chi connectivity index (χ0v) is 43.9. The van der Waals surface area contributed by atoms with Crippen molar-refractivity contribution in [3.63, 3.8) is 0 Å². The molecule has 0 radical (unpaired) electrons. The van der Waals surface area contributed by atoms with Gasteiger partial charge in [0.2, 0.25) is 5.88 Å². The SMILES string of the molecule is CCn1c(O)c(C(N)=O)c(C)c(N=Nc2ccc(N=Nc3cc(OCCO)c(C)cc3OCCO)c(S(=O)(=O)O)c2)c1=O.CN=Nc1c(S(=O)(=O)O)cc2cc(S(=O)(=O)O)c(N=Nc3ccc([N+](=O)[O-])c(C(=O)O)c3)c(O)c2c1O. The molecule has 0 spiro atoms. The van der Waals surface area contributed by atoms with Gasteiger partial charge in [-0.2, -0.15) is 45.7 Å². The van der Waals surface area contributed by atoms with Crippen molar-refractivity contribution in [2.24, 2.45) is 46.6 Å². The van der Waals surface area contributed by atoms with Crippen LogP contribution in [0.5, 0.6) is 28.9 Å². The smallest absolute Gasteiger partial charge is 0.342 e. The number of carbonyl (C=O) groups is 2. The molecule has 0 saturated heterocycles. The van der Waals surface area contributed by atoms with E-state index >= 15 is 0 Å². The summed E-state index contributed by atoms with van der Waals surface area (Å²) in [6.45, 7) is 3.99. The number of ether oxygens (including phenoxy) is 2. The predicted molar refractivity (Wildman–Crippen MR) is 274 cm³/mol. The molecule has 0 unspecified atom stereocenters. The van der Waals surface area contributed by atoms with Crippen LogP contribution in [0.2, 0.25) is 0 Å². The molecule has 6 rings (SSSR count). The molecule has 6 aromatic rings. The number of benzene rings is 5. The lowest BCUT2D eigenvalue weighted by atomic mass is 10.1. The van der Waals surface area contributed by atoms with Gasteiger partial charge in [-0.15, -0.1) is 20.5 Å². The number of aliphatic hydroxyl groups is 2. The van der Waals surface area contributed by atoms with Gasteiger partial charge in [0, 0.05) is 31.3 Å². The largest absolute Gasteiger partial charge is 0.505 e. The van der Waals surface area contributed by atoms with Crippen LogP contribution in [-0.4, -0.2) is 124 Å². The summed E-state index contributed by atoms with van der Waals surface area (Å²) in [7, 11) is -14.0. The van der Waals surface area contributed by atoms with E-state index in [9.17, 15) is 83.8 Å². The first-order valence-corrected chi connectivity index (χ1v) is 26.3. The van der Waals surface area contributed by atoms with Crippen molar-refractivity contribution < 1.29 is 93.5 Å². The third-order valence-corrected chi connectivity index (χ3v) is 13.2. The second kappa shape index (κ2) is 25.0. The molecular formula is C44H43N11O22S3. The lowest BCUT2D eigenvalue weighted by molar-refractivity contribution is -0.385. The number of rotatable bonds is 20. The number of phenolic OH excluding ortho intramolecular Hbond substituents is 2. The van der Waals surface area contributed by atoms with Crippen molar-refractivity contribution in [3.05, 3.63) is 103 Å². The molecule has 0 aliphatic carbocycles. The highest BCUT2D eigenvalue weighted by Crippen LogP contribution is 2.50. The quantitative estimate of drug-likeness (QED) is 0.0167. The van der Waals surface area contributed by atoms with E-state index in [1.165, 1.54) is 25.1 Å². The van der Waals surface area contributed by atoms with E-state index in [-0.39, 0.29) is 78.3 Å². The van der Waals surface area contributed by atoms with Crippen LogP contribution in [0.25, 0.3) is 10.8 Å². The van der Waals surface area contributed by atoms with E-state index in [4.69, 9.17) is 25.4 Å². The van der Waals surface area contributed by atoms with Crippen molar-refractivity contribution in [2.45, 2.75) is 42.0 Å². The van der Waals surface area contributed by atoms with E-state index in [2.05, 4.69) is 40.9 Å². The number of nitrogens with two attached hydrogens (primary N) is 1. The zero-order chi connectivity index (χ0) is 59.8. The third-order valence-electron chi connectivity index (χ3n) is 10.6. The van der Waals surface area contributed by atoms with Crippen molar-refractivity contribution in [3.8, 4) is 28.9 Å². The number of carboxylic acids is 1. The van der Waals surface area contributed by atoms with Gasteiger partial charge >= 0.3 is 5.97 Å². The van der Waals surface area contributed by atoms with Crippen molar-refractivity contribution in [2.75, 3.05) is 33.5 Å². The number of nitro benzene ring substituents is 1. The molecule has 0 aliphatic rings. The fraction of sp³-hybridized carbons (Fsp3) is 0.205. The maximum atomic E-state index is 12.8. The number of carboxylic acid groups (broad SMARTS) is 1. The second-order valence-corrected chi connectivity index (χ2v) is 20.0. The van der Waals surface area contributed by atoms with Gasteiger partial charge < -0.3 is 45.8 Å². The molecule has 5 aromatic carbocycles. The number of aryl methyl sites for hydroxylation is 1. The minimum Gasteiger partial charge on any atom is -0.505 e. The lowest BCUT2D eigenvalue weighted by Gasteiger charge is -2.13. The number of hydrogen-bond acceptors (Lipinski definition) is 26. The number of azo groups is 4. The van der Waals surface area contributed by atoms with Crippen LogP contribution in [0, 0.1) is 24.0 Å². The van der Waals surface area contributed by atoms with Crippen LogP contribution >= 0.6 is 0 Å². The Kier molecular flexibility index (Phi) is 19.2. The molecule has 0 atom stereocenters. The Bertz CT molecular complexity index is 4040. The van der Waals surface area contributed by atoms with E-state index in [0.717, 1.165) is 35.9 Å². The number of aromatic nitrogens is 1. The standard InChI is InChI=1S/C26H30N6O10S.C18H13N5O12S2/c1-4-32-25(36)22(24(27)35)15(3)23(26(32)37)31-28-16-5-6-17(21(12-16)43(38,39)40)29-30-18-13-19(41-9-7-33)14(2)11-20(18)42-10-8-34;1-19-21-14-11(36(30,31)32)4-7-5-12(37(33,34)35)15(17(25)13(7)16(14)24)22-20-8-2-3-10(23(28)29)9(6-8)18(26)27/h5-6,11-13,33-34,36H,4,7-10H2,1-3H3,(H2,27,35)(H,38,39,40);2-6,24-25H,1H3,(H,26,27)(H,30,31,32)(H,33,34,35). The van der Waals surface area contributed by atoms with Gasteiger partial charge in [-0.1, -0.05) is 0 Å². The summed E-state index contributed by atoms with van der Waals surface area (Å²) in [5.41, 5.74) is 0.479. The number of aliphatic hydroxyl groups excluding tert-OH is 2. The molecule has 1 heterocycles. The molecule has 33 nitrogen and oxygen atoms in total. The van der Waals surface area contributed by atoms with Gasteiger partial charge in [-0.25, -0.2) is 4.79 Å². The van der Waals surface area contributed by atoms with Crippen LogP contribution in [0.4, 0.5) is 45.5 Å². The Morgan fingerprint density at radius 3 is 1.70 bits per heavy atom. The molecule has 424 valence electrons. The van der Waals surface area contributed by atoms with Gasteiger partial charge in [0.1, 0.15) is 73.3 Å². The number of pyridine rings is 1. The van der Waals surface area contributed by atoms with E-state index in [1.807, 2.05) is 0 Å². The summed E-state index contributed by atoms with van der Waals surface area (Å²) in [5.74, 6) is -4.99. The van der Waals surface area contributed by atoms with Gasteiger partial charge in [-0.05, 0) is 80.3 Å². The minimum absolute atomic E-state index is 0.00300. The molecule has 0 bridgehead atoms. The highest BCUT2D eigenvalue weighted by atomic mass is 32.2. The van der Waals surface area contributed by atoms with Crippen molar-refractivity contribution in [1.29, 1.82) is 0 Å². The third kappa shape index (κ3) is 13.9. The number of amides is 1. The van der Waals surface area contributed by atoms with E-state index in [0.29, 0.717) is 23.4 Å². The average Bonchev–Trinajstić information content (AvgIpc) is 3.36. The highest BCUT2D eigenvalue weighted by Gasteiger charge is 2.30. The van der Waals surface area contributed by atoms with Crippen molar-refractivity contribution in [1.82, 2.24) is 4.57 Å². The van der Waals surface area contributed by atoms with Gasteiger partial charge in [0.25, 0.3) is 47.5 Å². The van der Waals surface area contributed by atoms with Gasteiger partial charge in [-0.3, -0.25) is 37.9 Å². The fourth-order valence-electron chi connectivity index (χ4n) is 7.06. The normalized spacial score (nSPS) is 12.2. The molecule has 0 fully saturated rings. The Morgan fingerprint density at radius 2 is 1.20 bits per heavy atom. The Labute approximate surface area is 449 Å². The van der Waals surface area contributed by atoms with E-state index < -0.39 is 118 Å². The molecule has 0 saturated carbocycles. The maximum absolute atomic E-state index is 12.8. The number of nitrogens with zero attached hydrogens (tertiary/aromatic N) is 10. The highest BCUT2D eigenvalue weighted by molar-refractivity contribution is 7.86. The molecular weight excluding hydrogens is 1130 g/mol. The predicted octanol–water partition coefficient (Wildman–Crippen LogP) is 6.59. The monoisotopic (exact) mass is 1170 g/mol. The second-order valence-electron chi connectivity index (χ2n) is 15.8. The number of hydrogen-bond donors (Lipinski definition) is 10. The Hall–Kier alpha value is -9.30. The number of nitro groups is 1. The first kappa shape index (κ1) is 61.6. The fourth-order valence-corrected chi connectivity index (χ4v) is 9.02. The summed E-state index contributed by atoms with van der Waals surface area (Å²) < 4.78 is 113. The van der Waals surface area contributed by atoms with Gasteiger partial charge in [0.05, 0.1) is 34.9 Å². The summed E-state index contributed by atoms with van der Waals surface area (Å²) in [6.07, 6.45) is 0. The van der Waals surface area contributed by atoms with Crippen LogP contribution < -0.4 is 20.8 Å². The van der Waals surface area contributed by atoms with Crippen LogP contribution in [0.3, 0.4) is 0 Å². The summed E-state index contributed by atoms with van der Waals surface area (Å²) in [6, 6.07) is 10.1. The van der Waals surface area contributed by atoms with Crippen LogP contribution in [0.15, 0.2) is 121 Å². The Balaban J connectivity index is 0.000000297. The van der Waals surface area contributed by atoms with Crippen LogP contribution in [-0.2, 0) is 36.9 Å². The minimum atomic E-state index is -5.21. The first-order chi connectivity index (χ1) is 37.4. The summed E-state index contributed by atoms with van der Waals surface area (Å²) in [5, 5.41) is 98.4. The lowest BCUT2D eigenvalue weighted by Crippen LogP contribution is -2.25. The Morgan fingerprint density at radius 1 is 0.688 bits per heavy atom. The van der Waals surface area contributed by atoms with Crippen molar-refractivity contribution >= 4 is 98.5 Å². The number of carbonyl (C=O) groups excluding carboxylic acids is 1. The summed E-state index contributed by atoms with van der Waals surface area (Å²) in [4.78, 5) is 43.2. The molecule has 0 aliphatic heterocycles. The zero-order valence-electron chi connectivity index (χ0n) is 41.4. The van der Waals surface area contributed by atoms with E-state index in [1.54, 1.807) is 19.9 Å². The molecule has 11 N–H and O–H groups in total. The van der Waals surface area contributed by atoms with Gasteiger partial charge in [0.15, 0.2) is 17.2 Å². The first-order valence-electron chi connectivity index (χ1n) is 22.0. The topological polar surface area (TPSA) is 527 Å². The molecule has 1 aromatic heterocycles. The number of phenols is 2. The molecule has 1 amide bonds. The number of fused-ring (bicyclic) bond motifs is 1. The number of aromatic carboxylic acids is 1.